The number of aromatic hydroxyl groups is 1. The number of rotatable bonds is 10. The maximum absolute atomic E-state index is 13.6. The van der Waals surface area contributed by atoms with E-state index >= 15 is 0 Å². The molecule has 0 saturated heterocycles. The van der Waals surface area contributed by atoms with Gasteiger partial charge in [0, 0.05) is 5.56 Å². The summed E-state index contributed by atoms with van der Waals surface area (Å²) in [6, 6.07) is 18.5. The molecule has 0 spiro atoms. The Balaban J connectivity index is 1.70. The van der Waals surface area contributed by atoms with Crippen molar-refractivity contribution in [2.75, 3.05) is 14.2 Å². The fraction of sp³-hybridized carbons (Fsp3) is 0.241. The molecule has 0 bridgehead atoms. The molecule has 35 heavy (non-hydrogen) atoms. The summed E-state index contributed by atoms with van der Waals surface area (Å²) in [5.41, 5.74) is 3.62. The van der Waals surface area contributed by atoms with Crippen LogP contribution in [0.2, 0.25) is 0 Å². The van der Waals surface area contributed by atoms with Crippen LogP contribution < -0.4 is 0 Å². The van der Waals surface area contributed by atoms with Gasteiger partial charge in [0.15, 0.2) is 0 Å². The molecule has 0 atom stereocenters. The highest BCUT2D eigenvalue weighted by atomic mass is 19.1. The second-order valence-corrected chi connectivity index (χ2v) is 8.28. The smallest absolute Gasteiger partial charge is 0.337 e. The molecule has 0 amide bonds. The van der Waals surface area contributed by atoms with E-state index in [9.17, 15) is 19.1 Å². The van der Waals surface area contributed by atoms with E-state index in [0.29, 0.717) is 16.7 Å². The quantitative estimate of drug-likeness (QED) is 0.364. The van der Waals surface area contributed by atoms with E-state index < -0.39 is 5.82 Å². The number of hydrogen-bond acceptors (Lipinski definition) is 5. The van der Waals surface area contributed by atoms with Crippen LogP contribution in [0.15, 0.2) is 72.8 Å². The van der Waals surface area contributed by atoms with Gasteiger partial charge in [-0.15, -0.1) is 0 Å². The second-order valence-electron chi connectivity index (χ2n) is 8.28. The normalized spacial score (nSPS) is 11.1. The van der Waals surface area contributed by atoms with E-state index in [1.165, 1.54) is 32.4 Å². The molecule has 0 aromatic heterocycles. The molecule has 0 aliphatic rings. The van der Waals surface area contributed by atoms with Gasteiger partial charge in [-0.1, -0.05) is 36.4 Å². The lowest BCUT2D eigenvalue weighted by Gasteiger charge is -2.14. The summed E-state index contributed by atoms with van der Waals surface area (Å²) in [5, 5.41) is 10.1. The minimum Gasteiger partial charge on any atom is -0.507 e. The molecule has 0 radical (unpaired) electrons. The van der Waals surface area contributed by atoms with Gasteiger partial charge >= 0.3 is 11.9 Å². The maximum atomic E-state index is 13.6. The lowest BCUT2D eigenvalue weighted by molar-refractivity contribution is 0.0592. The largest absolute Gasteiger partial charge is 0.507 e. The number of ether oxygens (including phenoxy) is 2. The zero-order valence-corrected chi connectivity index (χ0v) is 19.9. The Morgan fingerprint density at radius 2 is 1.31 bits per heavy atom. The molecule has 3 aromatic rings. The third-order valence-corrected chi connectivity index (χ3v) is 5.90. The molecule has 0 aliphatic carbocycles. The number of hydrogen-bond donors (Lipinski definition) is 1. The SMILES string of the molecule is COC(=O)c1ccc(CCC(C=Cc2cc(F)ccc2O)CCc2ccc(C(=O)OC)cc2)cc1. The van der Waals surface area contributed by atoms with Crippen LogP contribution in [0.25, 0.3) is 6.08 Å². The zero-order valence-electron chi connectivity index (χ0n) is 19.9. The van der Waals surface area contributed by atoms with Gasteiger partial charge in [-0.05, 0) is 85.2 Å². The lowest BCUT2D eigenvalue weighted by Crippen LogP contribution is -2.04. The summed E-state index contributed by atoms with van der Waals surface area (Å²) in [7, 11) is 2.71. The van der Waals surface area contributed by atoms with Crippen molar-refractivity contribution in [2.45, 2.75) is 25.7 Å². The van der Waals surface area contributed by atoms with Crippen LogP contribution in [-0.2, 0) is 22.3 Å². The lowest BCUT2D eigenvalue weighted by atomic mass is 9.92. The Kier molecular flexibility index (Phi) is 9.18. The first-order chi connectivity index (χ1) is 16.9. The van der Waals surface area contributed by atoms with Crippen molar-refractivity contribution in [3.63, 3.8) is 0 Å². The van der Waals surface area contributed by atoms with Crippen molar-refractivity contribution in [2.24, 2.45) is 5.92 Å². The predicted octanol–water partition coefficient (Wildman–Crippen LogP) is 6.00. The van der Waals surface area contributed by atoms with Crippen LogP contribution in [0.1, 0.15) is 50.2 Å². The molecule has 1 N–H and O–H groups in total. The summed E-state index contributed by atoms with van der Waals surface area (Å²) in [5.74, 6) is -0.970. The molecule has 5 nitrogen and oxygen atoms in total. The number of phenolic OH excluding ortho intramolecular Hbond substituents is 1. The van der Waals surface area contributed by atoms with Gasteiger partial charge in [-0.25, -0.2) is 14.0 Å². The summed E-state index contributed by atoms with van der Waals surface area (Å²) in [6.45, 7) is 0. The molecule has 3 rings (SSSR count). The minimum absolute atomic E-state index is 0.0261. The number of esters is 2. The van der Waals surface area contributed by atoms with Crippen molar-refractivity contribution in [1.29, 1.82) is 0 Å². The fourth-order valence-corrected chi connectivity index (χ4v) is 3.79. The number of aryl methyl sites for hydroxylation is 2. The maximum Gasteiger partial charge on any atom is 0.337 e. The summed E-state index contributed by atoms with van der Waals surface area (Å²) in [4.78, 5) is 23.3. The monoisotopic (exact) mass is 476 g/mol. The highest BCUT2D eigenvalue weighted by Gasteiger charge is 2.10. The molecular formula is C29H29FO5. The molecule has 0 fully saturated rings. The highest BCUT2D eigenvalue weighted by molar-refractivity contribution is 5.89. The van der Waals surface area contributed by atoms with E-state index in [0.717, 1.165) is 36.8 Å². The van der Waals surface area contributed by atoms with Crippen LogP contribution in [0.4, 0.5) is 4.39 Å². The first kappa shape index (κ1) is 25.7. The van der Waals surface area contributed by atoms with Crippen LogP contribution in [0, 0.1) is 11.7 Å². The standard InChI is InChI=1S/C29H29FO5/c1-34-28(32)23-12-7-21(8-13-23)5-3-20(11-16-25-19-26(30)17-18-27(25)31)4-6-22-9-14-24(15-10-22)29(33)35-2/h7-20,31H,3-6H2,1-2H3. The molecule has 0 saturated carbocycles. The second kappa shape index (κ2) is 12.5. The number of phenols is 1. The van der Waals surface area contributed by atoms with Crippen molar-refractivity contribution in [3.8, 4) is 5.75 Å². The number of halogens is 1. The predicted molar refractivity (Wildman–Crippen MR) is 133 cm³/mol. The molecule has 6 heteroatoms. The van der Waals surface area contributed by atoms with Crippen LogP contribution in [-0.4, -0.2) is 31.3 Å². The van der Waals surface area contributed by atoms with Gasteiger partial charge in [0.2, 0.25) is 0 Å². The Labute approximate surface area is 204 Å². The number of carbonyl (C=O) groups excluding carboxylic acids is 2. The van der Waals surface area contributed by atoms with Gasteiger partial charge in [0.1, 0.15) is 11.6 Å². The molecular weight excluding hydrogens is 447 g/mol. The highest BCUT2D eigenvalue weighted by Crippen LogP contribution is 2.24. The van der Waals surface area contributed by atoms with Gasteiger partial charge in [-0.3, -0.25) is 0 Å². The summed E-state index contributed by atoms with van der Waals surface area (Å²) in [6.07, 6.45) is 6.97. The third-order valence-electron chi connectivity index (χ3n) is 5.90. The van der Waals surface area contributed by atoms with Gasteiger partial charge < -0.3 is 14.6 Å². The van der Waals surface area contributed by atoms with Crippen molar-refractivity contribution in [1.82, 2.24) is 0 Å². The van der Waals surface area contributed by atoms with Gasteiger partial charge in [-0.2, -0.15) is 0 Å². The van der Waals surface area contributed by atoms with Crippen LogP contribution >= 0.6 is 0 Å². The summed E-state index contributed by atoms with van der Waals surface area (Å²) < 4.78 is 23.1. The van der Waals surface area contributed by atoms with Crippen LogP contribution in [0.3, 0.4) is 0 Å². The molecule has 0 heterocycles. The van der Waals surface area contributed by atoms with E-state index in [-0.39, 0.29) is 23.6 Å². The number of methoxy groups -OCH3 is 2. The van der Waals surface area contributed by atoms with E-state index in [1.54, 1.807) is 30.3 Å². The van der Waals surface area contributed by atoms with E-state index in [4.69, 9.17) is 9.47 Å². The third kappa shape index (κ3) is 7.54. The Bertz CT molecular complexity index is 1100. The number of benzene rings is 3. The average Bonchev–Trinajstić information content (AvgIpc) is 2.89. The Morgan fingerprint density at radius 1 is 0.829 bits per heavy atom. The number of allylic oxidation sites excluding steroid dienone is 1. The van der Waals surface area contributed by atoms with Gasteiger partial charge in [0.05, 0.1) is 25.3 Å². The van der Waals surface area contributed by atoms with Crippen LogP contribution in [0.5, 0.6) is 5.75 Å². The van der Waals surface area contributed by atoms with Crippen molar-refractivity contribution < 1.29 is 28.6 Å². The van der Waals surface area contributed by atoms with E-state index in [2.05, 4.69) is 0 Å². The topological polar surface area (TPSA) is 72.8 Å². The van der Waals surface area contributed by atoms with Gasteiger partial charge in [0.25, 0.3) is 0 Å². The molecule has 3 aromatic carbocycles. The molecule has 0 unspecified atom stereocenters. The first-order valence-electron chi connectivity index (χ1n) is 11.4. The molecule has 182 valence electrons. The molecule has 0 aliphatic heterocycles. The van der Waals surface area contributed by atoms with Crippen molar-refractivity contribution >= 4 is 18.0 Å². The first-order valence-corrected chi connectivity index (χ1v) is 11.4. The minimum atomic E-state index is -0.407. The van der Waals surface area contributed by atoms with Crippen molar-refractivity contribution in [3.05, 3.63) is 106 Å². The fourth-order valence-electron chi connectivity index (χ4n) is 3.79. The summed E-state index contributed by atoms with van der Waals surface area (Å²) >= 11 is 0. The Morgan fingerprint density at radius 3 is 1.77 bits per heavy atom. The zero-order chi connectivity index (χ0) is 25.2. The Hall–Kier alpha value is -3.93. The average molecular weight is 477 g/mol. The number of carbonyl (C=O) groups is 2. The van der Waals surface area contributed by atoms with E-state index in [1.807, 2.05) is 30.3 Å².